The van der Waals surface area contributed by atoms with E-state index in [2.05, 4.69) is 4.98 Å². The predicted octanol–water partition coefficient (Wildman–Crippen LogP) is 4.44. The molecule has 0 bridgehead atoms. The van der Waals surface area contributed by atoms with Crippen molar-refractivity contribution in [3.8, 4) is 5.69 Å². The fourth-order valence-electron chi connectivity index (χ4n) is 4.01. The summed E-state index contributed by atoms with van der Waals surface area (Å²) in [5.74, 6) is 0. The Kier molecular flexibility index (Phi) is 4.25. The number of benzene rings is 2. The van der Waals surface area contributed by atoms with Crippen LogP contribution in [0, 0.1) is 0 Å². The number of alkyl halides is 3. The summed E-state index contributed by atoms with van der Waals surface area (Å²) < 4.78 is 41.4. The van der Waals surface area contributed by atoms with Gasteiger partial charge in [-0.25, -0.2) is 4.79 Å². The van der Waals surface area contributed by atoms with Crippen molar-refractivity contribution in [2.75, 3.05) is 0 Å². The van der Waals surface area contributed by atoms with Crippen LogP contribution in [0.1, 0.15) is 23.1 Å². The molecule has 8 heteroatoms. The van der Waals surface area contributed by atoms with Crippen molar-refractivity contribution >= 4 is 22.8 Å². The van der Waals surface area contributed by atoms with Crippen molar-refractivity contribution < 1.29 is 13.2 Å². The summed E-state index contributed by atoms with van der Waals surface area (Å²) >= 11 is 0. The normalized spacial score (nSPS) is 13.8. The van der Waals surface area contributed by atoms with Crippen molar-refractivity contribution in [3.05, 3.63) is 98.3 Å². The Hall–Kier alpha value is -3.81. The van der Waals surface area contributed by atoms with E-state index in [9.17, 15) is 22.8 Å². The fraction of sp³-hybridized carbons (Fsp3) is 0.130. The largest absolute Gasteiger partial charge is 0.416 e. The number of hydrogen-bond donors (Lipinski definition) is 1. The highest BCUT2D eigenvalue weighted by Gasteiger charge is 2.30. The highest BCUT2D eigenvalue weighted by Crippen LogP contribution is 2.30. The average Bonchev–Trinajstić information content (AvgIpc) is 3.09. The summed E-state index contributed by atoms with van der Waals surface area (Å²) in [6.07, 6.45) is -0.157. The molecule has 156 valence electrons. The zero-order valence-corrected chi connectivity index (χ0v) is 16.1. The third-order valence-corrected chi connectivity index (χ3v) is 5.53. The van der Waals surface area contributed by atoms with Crippen molar-refractivity contribution in [3.63, 3.8) is 0 Å². The van der Waals surface area contributed by atoms with Gasteiger partial charge in [0.1, 0.15) is 0 Å². The van der Waals surface area contributed by atoms with E-state index in [4.69, 9.17) is 0 Å². The average molecular weight is 423 g/mol. The number of fused-ring (bicyclic) bond motifs is 2. The summed E-state index contributed by atoms with van der Waals surface area (Å²) in [7, 11) is 0. The molecule has 0 unspecified atom stereocenters. The van der Waals surface area contributed by atoms with E-state index in [1.807, 2.05) is 30.3 Å². The van der Waals surface area contributed by atoms with Crippen LogP contribution in [0.25, 0.3) is 28.5 Å². The van der Waals surface area contributed by atoms with Gasteiger partial charge < -0.3 is 4.98 Å². The van der Waals surface area contributed by atoms with E-state index in [1.54, 1.807) is 16.8 Å². The molecule has 0 atom stereocenters. The van der Waals surface area contributed by atoms with Crippen LogP contribution >= 0.6 is 0 Å². The van der Waals surface area contributed by atoms with Gasteiger partial charge in [0, 0.05) is 23.1 Å². The highest BCUT2D eigenvalue weighted by atomic mass is 19.4. The molecule has 2 heterocycles. The van der Waals surface area contributed by atoms with Crippen molar-refractivity contribution in [1.29, 1.82) is 0 Å². The van der Waals surface area contributed by atoms with E-state index < -0.39 is 11.7 Å². The molecule has 0 spiro atoms. The number of pyridine rings is 1. The minimum absolute atomic E-state index is 0.242. The molecule has 0 radical (unpaired) electrons. The lowest BCUT2D eigenvalue weighted by Gasteiger charge is -2.18. The van der Waals surface area contributed by atoms with E-state index in [0.29, 0.717) is 29.7 Å². The molecule has 2 aromatic heterocycles. The third kappa shape index (κ3) is 3.20. The van der Waals surface area contributed by atoms with E-state index in [1.165, 1.54) is 16.7 Å². The lowest BCUT2D eigenvalue weighted by atomic mass is 9.96. The van der Waals surface area contributed by atoms with Crippen molar-refractivity contribution in [2.24, 2.45) is 0 Å². The quantitative estimate of drug-likeness (QED) is 0.518. The van der Waals surface area contributed by atoms with Crippen LogP contribution < -0.4 is 11.2 Å². The highest BCUT2D eigenvalue weighted by molar-refractivity contribution is 5.84. The first-order valence-electron chi connectivity index (χ1n) is 9.66. The summed E-state index contributed by atoms with van der Waals surface area (Å²) in [6, 6.07) is 13.6. The Morgan fingerprint density at radius 1 is 0.903 bits per heavy atom. The number of hydrogen-bond acceptors (Lipinski definition) is 2. The van der Waals surface area contributed by atoms with Gasteiger partial charge in [-0.05, 0) is 66.9 Å². The monoisotopic (exact) mass is 423 g/mol. The Morgan fingerprint density at radius 2 is 1.65 bits per heavy atom. The Morgan fingerprint density at radius 3 is 2.39 bits per heavy atom. The SMILES string of the molecule is O=c1c2c(ccn1-c1ccc(C(F)(F)F)cc1)C=C(n1c(=O)[nH]c3ccccc31)CC2. The van der Waals surface area contributed by atoms with Crippen LogP contribution in [0.4, 0.5) is 13.2 Å². The van der Waals surface area contributed by atoms with Crippen LogP contribution in [0.5, 0.6) is 0 Å². The van der Waals surface area contributed by atoms with Gasteiger partial charge in [0.25, 0.3) is 5.56 Å². The molecule has 0 fully saturated rings. The summed E-state index contributed by atoms with van der Waals surface area (Å²) in [6.45, 7) is 0. The second-order valence-electron chi connectivity index (χ2n) is 7.39. The maximum atomic E-state index is 13.0. The topological polar surface area (TPSA) is 59.8 Å². The fourth-order valence-corrected chi connectivity index (χ4v) is 4.01. The number of allylic oxidation sites excluding steroid dienone is 1. The maximum absolute atomic E-state index is 13.0. The second-order valence-corrected chi connectivity index (χ2v) is 7.39. The van der Waals surface area contributed by atoms with E-state index >= 15 is 0 Å². The standard InChI is InChI=1S/C23H16F3N3O2/c24-23(25,26)15-5-7-16(8-6-15)28-12-11-14-13-17(9-10-18(14)21(28)30)29-20-4-2-1-3-19(20)27-22(29)31/h1-8,11-13H,9-10H2,(H,27,31). The molecule has 5 nitrogen and oxygen atoms in total. The summed E-state index contributed by atoms with van der Waals surface area (Å²) in [5.41, 5.74) is 2.62. The molecule has 0 saturated carbocycles. The van der Waals surface area contributed by atoms with Gasteiger partial charge in [0.15, 0.2) is 0 Å². The van der Waals surface area contributed by atoms with Gasteiger partial charge in [0.05, 0.1) is 16.6 Å². The number of imidazole rings is 1. The Labute approximate surface area is 173 Å². The number of para-hydroxylation sites is 2. The minimum Gasteiger partial charge on any atom is -0.305 e. The number of H-pyrrole nitrogens is 1. The van der Waals surface area contributed by atoms with E-state index in [0.717, 1.165) is 28.9 Å². The Balaban J connectivity index is 1.56. The molecule has 5 rings (SSSR count). The van der Waals surface area contributed by atoms with Crippen LogP contribution in [0.15, 0.2) is 70.4 Å². The first-order chi connectivity index (χ1) is 14.8. The zero-order valence-electron chi connectivity index (χ0n) is 16.1. The van der Waals surface area contributed by atoms with Crippen LogP contribution in [0.3, 0.4) is 0 Å². The maximum Gasteiger partial charge on any atom is 0.416 e. The molecule has 0 saturated heterocycles. The molecule has 0 aliphatic heterocycles. The van der Waals surface area contributed by atoms with Gasteiger partial charge in [0.2, 0.25) is 0 Å². The number of halogens is 3. The van der Waals surface area contributed by atoms with Crippen LogP contribution in [0.2, 0.25) is 0 Å². The first kappa shape index (κ1) is 19.2. The molecular formula is C23H16F3N3O2. The van der Waals surface area contributed by atoms with Gasteiger partial charge >= 0.3 is 11.9 Å². The lowest BCUT2D eigenvalue weighted by Crippen LogP contribution is -2.26. The molecule has 2 aromatic carbocycles. The van der Waals surface area contributed by atoms with Gasteiger partial charge in [-0.15, -0.1) is 0 Å². The first-order valence-corrected chi connectivity index (χ1v) is 9.66. The van der Waals surface area contributed by atoms with Crippen molar-refractivity contribution in [2.45, 2.75) is 19.0 Å². The van der Waals surface area contributed by atoms with Crippen LogP contribution in [-0.4, -0.2) is 14.1 Å². The number of rotatable bonds is 2. The number of nitrogens with zero attached hydrogens (tertiary/aromatic N) is 2. The minimum atomic E-state index is -4.43. The number of nitrogens with one attached hydrogen (secondary N) is 1. The van der Waals surface area contributed by atoms with Crippen molar-refractivity contribution in [1.82, 2.24) is 14.1 Å². The molecule has 0 amide bonds. The summed E-state index contributed by atoms with van der Waals surface area (Å²) in [5, 5.41) is 0. The predicted molar refractivity (Wildman–Crippen MR) is 112 cm³/mol. The van der Waals surface area contributed by atoms with Gasteiger partial charge in [-0.1, -0.05) is 12.1 Å². The van der Waals surface area contributed by atoms with Crippen LogP contribution in [-0.2, 0) is 12.6 Å². The lowest BCUT2D eigenvalue weighted by molar-refractivity contribution is -0.137. The molecule has 31 heavy (non-hydrogen) atoms. The molecule has 4 aromatic rings. The number of aromatic nitrogens is 3. The molecule has 1 aliphatic carbocycles. The Bertz CT molecular complexity index is 1450. The third-order valence-electron chi connectivity index (χ3n) is 5.53. The summed E-state index contributed by atoms with van der Waals surface area (Å²) in [4.78, 5) is 28.3. The smallest absolute Gasteiger partial charge is 0.305 e. The molecule has 1 N–H and O–H groups in total. The second kappa shape index (κ2) is 6.87. The van der Waals surface area contributed by atoms with Gasteiger partial charge in [-0.3, -0.25) is 13.9 Å². The number of aromatic amines is 1. The molecule has 1 aliphatic rings. The zero-order chi connectivity index (χ0) is 21.8. The van der Waals surface area contributed by atoms with Gasteiger partial charge in [-0.2, -0.15) is 13.2 Å². The molecular weight excluding hydrogens is 407 g/mol. The van der Waals surface area contributed by atoms with E-state index in [-0.39, 0.29) is 11.2 Å².